The summed E-state index contributed by atoms with van der Waals surface area (Å²) < 4.78 is 32.4. The van der Waals surface area contributed by atoms with Gasteiger partial charge in [0.2, 0.25) is 10.0 Å². The molecule has 0 aliphatic carbocycles. The number of aryl methyl sites for hydroxylation is 1. The number of benzene rings is 1. The summed E-state index contributed by atoms with van der Waals surface area (Å²) in [5, 5.41) is 3.28. The molecule has 0 amide bonds. The number of hydrogen-bond acceptors (Lipinski definition) is 5. The van der Waals surface area contributed by atoms with Gasteiger partial charge < -0.3 is 9.73 Å². The number of aromatic nitrogens is 1. The first-order valence-electron chi connectivity index (χ1n) is 6.26. The topological polar surface area (TPSA) is 75.4 Å². The van der Waals surface area contributed by atoms with Gasteiger partial charge in [0.05, 0.1) is 5.02 Å². The largest absolute Gasteiger partial charge is 0.440 e. The Hall–Kier alpha value is -1.15. The lowest BCUT2D eigenvalue weighted by Gasteiger charge is -2.26. The molecular weight excluding hydrogens is 302 g/mol. The van der Waals surface area contributed by atoms with Gasteiger partial charge in [-0.05, 0) is 12.1 Å². The molecule has 0 spiro atoms. The van der Waals surface area contributed by atoms with Crippen LogP contribution < -0.4 is 5.32 Å². The Balaban J connectivity index is 2.19. The number of halogens is 1. The van der Waals surface area contributed by atoms with Gasteiger partial charge in [0.15, 0.2) is 11.5 Å². The maximum atomic E-state index is 12.8. The highest BCUT2D eigenvalue weighted by Gasteiger charge is 2.31. The SMILES string of the molecule is Cc1nc2ccc(Cl)c(S(=O)(=O)N3CCNCC3)c2o1. The lowest BCUT2D eigenvalue weighted by Crippen LogP contribution is -2.46. The van der Waals surface area contributed by atoms with Crippen LogP contribution in [0.25, 0.3) is 11.1 Å². The van der Waals surface area contributed by atoms with Gasteiger partial charge in [0, 0.05) is 33.1 Å². The molecule has 0 unspecified atom stereocenters. The Labute approximate surface area is 121 Å². The third-order valence-electron chi connectivity index (χ3n) is 3.24. The van der Waals surface area contributed by atoms with Crippen molar-refractivity contribution < 1.29 is 12.8 Å². The number of piperazine rings is 1. The van der Waals surface area contributed by atoms with Crippen LogP contribution in [0.15, 0.2) is 21.4 Å². The summed E-state index contributed by atoms with van der Waals surface area (Å²) in [6.07, 6.45) is 0. The van der Waals surface area contributed by atoms with Crippen molar-refractivity contribution in [1.29, 1.82) is 0 Å². The number of rotatable bonds is 2. The Morgan fingerprint density at radius 1 is 1.35 bits per heavy atom. The van der Waals surface area contributed by atoms with Crippen molar-refractivity contribution in [2.24, 2.45) is 0 Å². The number of fused-ring (bicyclic) bond motifs is 1. The molecule has 2 aromatic rings. The lowest BCUT2D eigenvalue weighted by atomic mass is 10.3. The van der Waals surface area contributed by atoms with E-state index in [1.54, 1.807) is 19.1 Å². The van der Waals surface area contributed by atoms with Crippen LogP contribution in [-0.2, 0) is 10.0 Å². The molecule has 1 aliphatic heterocycles. The summed E-state index contributed by atoms with van der Waals surface area (Å²) in [5.41, 5.74) is 0.731. The van der Waals surface area contributed by atoms with Crippen LogP contribution in [0.2, 0.25) is 5.02 Å². The van der Waals surface area contributed by atoms with Crippen LogP contribution >= 0.6 is 11.6 Å². The van der Waals surface area contributed by atoms with E-state index >= 15 is 0 Å². The fourth-order valence-corrected chi connectivity index (χ4v) is 4.37. The number of nitrogens with one attached hydrogen (secondary N) is 1. The molecule has 1 aromatic carbocycles. The molecule has 1 fully saturated rings. The number of sulfonamides is 1. The molecule has 1 aliphatic rings. The van der Waals surface area contributed by atoms with Crippen molar-refractivity contribution in [3.8, 4) is 0 Å². The van der Waals surface area contributed by atoms with E-state index < -0.39 is 10.0 Å². The van der Waals surface area contributed by atoms with Crippen LogP contribution in [-0.4, -0.2) is 43.9 Å². The number of nitrogens with zero attached hydrogens (tertiary/aromatic N) is 2. The van der Waals surface area contributed by atoms with E-state index in [9.17, 15) is 8.42 Å². The van der Waals surface area contributed by atoms with Crippen LogP contribution in [0, 0.1) is 6.92 Å². The van der Waals surface area contributed by atoms with E-state index in [0.29, 0.717) is 37.6 Å². The summed E-state index contributed by atoms with van der Waals surface area (Å²) in [4.78, 5) is 4.17. The highest BCUT2D eigenvalue weighted by molar-refractivity contribution is 7.89. The second kappa shape index (κ2) is 5.00. The van der Waals surface area contributed by atoms with Gasteiger partial charge in [-0.1, -0.05) is 11.6 Å². The third kappa shape index (κ3) is 2.20. The first-order chi connectivity index (χ1) is 9.50. The van der Waals surface area contributed by atoms with Crippen LogP contribution in [0.4, 0.5) is 0 Å². The number of hydrogen-bond donors (Lipinski definition) is 1. The average molecular weight is 316 g/mol. The lowest BCUT2D eigenvalue weighted by molar-refractivity contribution is 0.360. The van der Waals surface area contributed by atoms with E-state index in [4.69, 9.17) is 16.0 Å². The minimum Gasteiger partial charge on any atom is -0.440 e. The first kappa shape index (κ1) is 13.8. The molecule has 0 bridgehead atoms. The van der Waals surface area contributed by atoms with E-state index in [1.165, 1.54) is 4.31 Å². The molecule has 108 valence electrons. The molecule has 6 nitrogen and oxygen atoms in total. The maximum Gasteiger partial charge on any atom is 0.248 e. The summed E-state index contributed by atoms with van der Waals surface area (Å²) in [5.74, 6) is 0.416. The minimum atomic E-state index is -3.68. The van der Waals surface area contributed by atoms with E-state index in [1.807, 2.05) is 0 Å². The number of oxazole rings is 1. The Bertz CT molecular complexity index is 751. The monoisotopic (exact) mass is 315 g/mol. The quantitative estimate of drug-likeness (QED) is 0.906. The molecule has 8 heteroatoms. The molecule has 1 aromatic heterocycles. The van der Waals surface area contributed by atoms with Gasteiger partial charge in [-0.15, -0.1) is 0 Å². The van der Waals surface area contributed by atoms with Crippen molar-refractivity contribution in [2.75, 3.05) is 26.2 Å². The molecule has 1 N–H and O–H groups in total. The molecule has 0 radical (unpaired) electrons. The minimum absolute atomic E-state index is 0.0131. The van der Waals surface area contributed by atoms with Gasteiger partial charge in [0.1, 0.15) is 10.4 Å². The molecule has 0 atom stereocenters. The second-order valence-electron chi connectivity index (χ2n) is 4.61. The standard InChI is InChI=1S/C12H14ClN3O3S/c1-8-15-10-3-2-9(13)12(11(10)19-8)20(17,18)16-6-4-14-5-7-16/h2-3,14H,4-7H2,1H3. The smallest absolute Gasteiger partial charge is 0.248 e. The predicted molar refractivity (Wildman–Crippen MR) is 75.4 cm³/mol. The Morgan fingerprint density at radius 3 is 2.75 bits per heavy atom. The summed E-state index contributed by atoms with van der Waals surface area (Å²) in [6, 6.07) is 3.20. The van der Waals surface area contributed by atoms with Gasteiger partial charge in [-0.2, -0.15) is 4.31 Å². The normalized spacial score (nSPS) is 17.7. The van der Waals surface area contributed by atoms with E-state index in [-0.39, 0.29) is 15.5 Å². The first-order valence-corrected chi connectivity index (χ1v) is 8.08. The van der Waals surface area contributed by atoms with Crippen LogP contribution in [0.3, 0.4) is 0 Å². The molecule has 2 heterocycles. The third-order valence-corrected chi connectivity index (χ3v) is 5.64. The van der Waals surface area contributed by atoms with E-state index in [0.717, 1.165) is 0 Å². The second-order valence-corrected chi connectivity index (χ2v) is 6.89. The van der Waals surface area contributed by atoms with Crippen molar-refractivity contribution in [3.63, 3.8) is 0 Å². The average Bonchev–Trinajstić information content (AvgIpc) is 2.79. The molecule has 0 saturated carbocycles. The maximum absolute atomic E-state index is 12.8. The molecular formula is C12H14ClN3O3S. The van der Waals surface area contributed by atoms with Gasteiger partial charge in [0.25, 0.3) is 0 Å². The highest BCUT2D eigenvalue weighted by atomic mass is 35.5. The van der Waals surface area contributed by atoms with Gasteiger partial charge in [-0.3, -0.25) is 0 Å². The van der Waals surface area contributed by atoms with Crippen LogP contribution in [0.5, 0.6) is 0 Å². The fourth-order valence-electron chi connectivity index (χ4n) is 2.31. The Morgan fingerprint density at radius 2 is 2.05 bits per heavy atom. The van der Waals surface area contributed by atoms with E-state index in [2.05, 4.69) is 10.3 Å². The highest BCUT2D eigenvalue weighted by Crippen LogP contribution is 2.32. The van der Waals surface area contributed by atoms with Crippen LogP contribution in [0.1, 0.15) is 5.89 Å². The molecule has 20 heavy (non-hydrogen) atoms. The predicted octanol–water partition coefficient (Wildman–Crippen LogP) is 1.38. The van der Waals surface area contributed by atoms with Gasteiger partial charge in [-0.25, -0.2) is 13.4 Å². The van der Waals surface area contributed by atoms with Crippen molar-refractivity contribution in [3.05, 3.63) is 23.0 Å². The van der Waals surface area contributed by atoms with Crippen molar-refractivity contribution in [2.45, 2.75) is 11.8 Å². The van der Waals surface area contributed by atoms with Crippen molar-refractivity contribution >= 4 is 32.7 Å². The van der Waals surface area contributed by atoms with Gasteiger partial charge >= 0.3 is 0 Å². The summed E-state index contributed by atoms with van der Waals surface area (Å²) in [6.45, 7) is 3.77. The summed E-state index contributed by atoms with van der Waals surface area (Å²) in [7, 11) is -3.68. The summed E-state index contributed by atoms with van der Waals surface area (Å²) >= 11 is 6.11. The zero-order valence-corrected chi connectivity index (χ0v) is 12.5. The zero-order chi connectivity index (χ0) is 14.3. The molecule has 1 saturated heterocycles. The zero-order valence-electron chi connectivity index (χ0n) is 10.9. The van der Waals surface area contributed by atoms with Crippen molar-refractivity contribution in [1.82, 2.24) is 14.6 Å². The fraction of sp³-hybridized carbons (Fsp3) is 0.417. The Kier molecular flexibility index (Phi) is 3.45. The molecule has 3 rings (SSSR count).